The lowest BCUT2D eigenvalue weighted by atomic mass is 9.91. The zero-order chi connectivity index (χ0) is 9.68. The van der Waals surface area contributed by atoms with E-state index in [9.17, 15) is 4.79 Å². The standard InChI is InChI=1S/C10H18O3/c1-8(3-5-12-2)10(11)9-4-6-13-7-9/h8-9H,3-7H2,1-2H3. The van der Waals surface area contributed by atoms with E-state index in [-0.39, 0.29) is 11.8 Å². The van der Waals surface area contributed by atoms with E-state index < -0.39 is 0 Å². The Morgan fingerprint density at radius 3 is 3.00 bits per heavy atom. The molecule has 76 valence electrons. The van der Waals surface area contributed by atoms with Gasteiger partial charge in [-0.15, -0.1) is 0 Å². The van der Waals surface area contributed by atoms with Crippen LogP contribution in [0.5, 0.6) is 0 Å². The zero-order valence-corrected chi connectivity index (χ0v) is 8.41. The third kappa shape index (κ3) is 3.08. The van der Waals surface area contributed by atoms with Crippen molar-refractivity contribution in [2.24, 2.45) is 11.8 Å². The molecular formula is C10H18O3. The van der Waals surface area contributed by atoms with Gasteiger partial charge in [-0.1, -0.05) is 6.92 Å². The molecular weight excluding hydrogens is 168 g/mol. The molecule has 0 aromatic heterocycles. The quantitative estimate of drug-likeness (QED) is 0.648. The predicted octanol–water partition coefficient (Wildman–Crippen LogP) is 1.26. The highest BCUT2D eigenvalue weighted by atomic mass is 16.5. The lowest BCUT2D eigenvalue weighted by Gasteiger charge is -2.13. The minimum atomic E-state index is 0.117. The van der Waals surface area contributed by atoms with Crippen molar-refractivity contribution in [3.63, 3.8) is 0 Å². The maximum atomic E-state index is 11.7. The Labute approximate surface area is 79.4 Å². The molecule has 13 heavy (non-hydrogen) atoms. The summed E-state index contributed by atoms with van der Waals surface area (Å²) in [5.41, 5.74) is 0. The minimum Gasteiger partial charge on any atom is -0.385 e. The van der Waals surface area contributed by atoms with Crippen molar-refractivity contribution in [3.8, 4) is 0 Å². The molecule has 0 saturated carbocycles. The molecule has 1 rings (SSSR count). The van der Waals surface area contributed by atoms with Crippen molar-refractivity contribution in [1.82, 2.24) is 0 Å². The van der Waals surface area contributed by atoms with E-state index in [1.807, 2.05) is 6.92 Å². The summed E-state index contributed by atoms with van der Waals surface area (Å²) in [6, 6.07) is 0. The van der Waals surface area contributed by atoms with E-state index in [0.29, 0.717) is 19.0 Å². The SMILES string of the molecule is COCCC(C)C(=O)C1CCOC1. The summed E-state index contributed by atoms with van der Waals surface area (Å²) in [5, 5.41) is 0. The summed E-state index contributed by atoms with van der Waals surface area (Å²) in [7, 11) is 1.66. The van der Waals surface area contributed by atoms with Crippen LogP contribution in [-0.4, -0.2) is 32.7 Å². The summed E-state index contributed by atoms with van der Waals surface area (Å²) in [6.45, 7) is 4.00. The van der Waals surface area contributed by atoms with Crippen LogP contribution in [0.4, 0.5) is 0 Å². The molecule has 0 aromatic rings. The highest BCUT2D eigenvalue weighted by Gasteiger charge is 2.26. The van der Waals surface area contributed by atoms with Crippen molar-refractivity contribution in [3.05, 3.63) is 0 Å². The fourth-order valence-corrected chi connectivity index (χ4v) is 1.60. The first-order chi connectivity index (χ1) is 6.25. The van der Waals surface area contributed by atoms with Gasteiger partial charge in [0, 0.05) is 32.2 Å². The minimum absolute atomic E-state index is 0.117. The van der Waals surface area contributed by atoms with Crippen LogP contribution in [0.2, 0.25) is 0 Å². The van der Waals surface area contributed by atoms with Crippen LogP contribution in [0.25, 0.3) is 0 Å². The van der Waals surface area contributed by atoms with Crippen LogP contribution in [0.1, 0.15) is 19.8 Å². The molecule has 2 atom stereocenters. The Morgan fingerprint density at radius 1 is 1.69 bits per heavy atom. The van der Waals surface area contributed by atoms with Crippen LogP contribution in [-0.2, 0) is 14.3 Å². The van der Waals surface area contributed by atoms with E-state index in [1.165, 1.54) is 0 Å². The maximum absolute atomic E-state index is 11.7. The molecule has 3 heteroatoms. The number of ketones is 1. The number of Topliss-reactive ketones (excluding diaryl/α,β-unsaturated/α-hetero) is 1. The molecule has 0 aliphatic carbocycles. The number of carbonyl (C=O) groups is 1. The first-order valence-electron chi connectivity index (χ1n) is 4.86. The fraction of sp³-hybridized carbons (Fsp3) is 0.900. The Balaban J connectivity index is 2.28. The number of rotatable bonds is 5. The molecule has 0 aromatic carbocycles. The summed E-state index contributed by atoms with van der Waals surface area (Å²) in [6.07, 6.45) is 1.72. The molecule has 0 spiro atoms. The molecule has 1 heterocycles. The molecule has 2 unspecified atom stereocenters. The van der Waals surface area contributed by atoms with E-state index >= 15 is 0 Å². The van der Waals surface area contributed by atoms with Crippen LogP contribution in [0.3, 0.4) is 0 Å². The van der Waals surface area contributed by atoms with Crippen LogP contribution < -0.4 is 0 Å². The largest absolute Gasteiger partial charge is 0.385 e. The number of carbonyl (C=O) groups excluding carboxylic acids is 1. The predicted molar refractivity (Wildman–Crippen MR) is 49.6 cm³/mol. The Hall–Kier alpha value is -0.410. The first kappa shape index (κ1) is 10.7. The van der Waals surface area contributed by atoms with Gasteiger partial charge in [-0.3, -0.25) is 4.79 Å². The van der Waals surface area contributed by atoms with Gasteiger partial charge in [0.05, 0.1) is 6.61 Å². The normalized spacial score (nSPS) is 24.6. The van der Waals surface area contributed by atoms with E-state index in [1.54, 1.807) is 7.11 Å². The van der Waals surface area contributed by atoms with Crippen LogP contribution in [0, 0.1) is 11.8 Å². The average Bonchev–Trinajstić information content (AvgIpc) is 2.65. The van der Waals surface area contributed by atoms with Crippen molar-refractivity contribution in [2.45, 2.75) is 19.8 Å². The first-order valence-corrected chi connectivity index (χ1v) is 4.86. The second kappa shape index (κ2) is 5.35. The molecule has 3 nitrogen and oxygen atoms in total. The van der Waals surface area contributed by atoms with Gasteiger partial charge in [0.25, 0.3) is 0 Å². The van der Waals surface area contributed by atoms with Gasteiger partial charge < -0.3 is 9.47 Å². The summed E-state index contributed by atoms with van der Waals surface area (Å²) >= 11 is 0. The molecule has 0 amide bonds. The number of ether oxygens (including phenoxy) is 2. The summed E-state index contributed by atoms with van der Waals surface area (Å²) in [4.78, 5) is 11.7. The van der Waals surface area contributed by atoms with Gasteiger partial charge in [0.15, 0.2) is 0 Å². The smallest absolute Gasteiger partial charge is 0.141 e. The second-order valence-electron chi connectivity index (χ2n) is 3.65. The summed E-state index contributed by atoms with van der Waals surface area (Å²) < 4.78 is 10.1. The lowest BCUT2D eigenvalue weighted by molar-refractivity contribution is -0.126. The van der Waals surface area contributed by atoms with E-state index in [0.717, 1.165) is 19.4 Å². The lowest BCUT2D eigenvalue weighted by Crippen LogP contribution is -2.22. The van der Waals surface area contributed by atoms with Crippen molar-refractivity contribution in [1.29, 1.82) is 0 Å². The van der Waals surface area contributed by atoms with E-state index in [2.05, 4.69) is 0 Å². The van der Waals surface area contributed by atoms with Gasteiger partial charge in [-0.2, -0.15) is 0 Å². The number of hydrogen-bond donors (Lipinski definition) is 0. The third-order valence-corrected chi connectivity index (χ3v) is 2.57. The molecule has 1 saturated heterocycles. The Morgan fingerprint density at radius 2 is 2.46 bits per heavy atom. The number of hydrogen-bond acceptors (Lipinski definition) is 3. The zero-order valence-electron chi connectivity index (χ0n) is 8.41. The Bertz CT molecular complexity index is 162. The van der Waals surface area contributed by atoms with Gasteiger partial charge in [-0.05, 0) is 12.8 Å². The van der Waals surface area contributed by atoms with Crippen LogP contribution >= 0.6 is 0 Å². The molecule has 1 aliphatic heterocycles. The topological polar surface area (TPSA) is 35.5 Å². The molecule has 1 fully saturated rings. The monoisotopic (exact) mass is 186 g/mol. The van der Waals surface area contributed by atoms with Crippen molar-refractivity contribution >= 4 is 5.78 Å². The summed E-state index contributed by atoms with van der Waals surface area (Å²) in [5.74, 6) is 0.605. The maximum Gasteiger partial charge on any atom is 0.141 e. The Kier molecular flexibility index (Phi) is 4.39. The second-order valence-corrected chi connectivity index (χ2v) is 3.65. The fourth-order valence-electron chi connectivity index (χ4n) is 1.60. The van der Waals surface area contributed by atoms with Crippen molar-refractivity contribution in [2.75, 3.05) is 26.9 Å². The van der Waals surface area contributed by atoms with Gasteiger partial charge >= 0.3 is 0 Å². The number of methoxy groups -OCH3 is 1. The average molecular weight is 186 g/mol. The highest BCUT2D eigenvalue weighted by Crippen LogP contribution is 2.19. The third-order valence-electron chi connectivity index (χ3n) is 2.57. The highest BCUT2D eigenvalue weighted by molar-refractivity contribution is 5.83. The van der Waals surface area contributed by atoms with Gasteiger partial charge in [0.1, 0.15) is 5.78 Å². The van der Waals surface area contributed by atoms with Crippen LogP contribution in [0.15, 0.2) is 0 Å². The molecule has 1 aliphatic rings. The van der Waals surface area contributed by atoms with E-state index in [4.69, 9.17) is 9.47 Å². The molecule has 0 N–H and O–H groups in total. The molecule has 0 radical (unpaired) electrons. The molecule has 0 bridgehead atoms. The van der Waals surface area contributed by atoms with Gasteiger partial charge in [0.2, 0.25) is 0 Å². The van der Waals surface area contributed by atoms with Crippen molar-refractivity contribution < 1.29 is 14.3 Å². The van der Waals surface area contributed by atoms with Gasteiger partial charge in [-0.25, -0.2) is 0 Å².